The highest BCUT2D eigenvalue weighted by molar-refractivity contribution is 6.68. The molecule has 0 spiro atoms. The van der Waals surface area contributed by atoms with E-state index in [1.807, 2.05) is 0 Å². The van der Waals surface area contributed by atoms with Crippen molar-refractivity contribution in [3.63, 3.8) is 0 Å². The Bertz CT molecular complexity index is 271. The number of hydrogen-bond donors (Lipinski definition) is 0. The molecule has 0 aromatic carbocycles. The Kier molecular flexibility index (Phi) is 6.57. The number of halogens is 11. The highest BCUT2D eigenvalue weighted by Crippen LogP contribution is 2.61. The van der Waals surface area contributed by atoms with Crippen molar-refractivity contribution in [3.05, 3.63) is 0 Å². The topological polar surface area (TPSA) is 0 Å². The molecule has 0 amide bonds. The zero-order chi connectivity index (χ0) is 16.4. The van der Waals surface area contributed by atoms with Gasteiger partial charge in [-0.15, -0.1) is 23.2 Å². The normalized spacial score (nSPS) is 15.6. The van der Waals surface area contributed by atoms with Crippen molar-refractivity contribution in [3.8, 4) is 0 Å². The predicted octanol–water partition coefficient (Wildman–Crippen LogP) is 4.79. The highest BCUT2D eigenvalue weighted by Gasteiger charge is 2.82. The minimum Gasteiger partial charge on any atom is -0.170 e. The second kappa shape index (κ2) is 6.51. The molecule has 0 saturated heterocycles. The van der Waals surface area contributed by atoms with Crippen molar-refractivity contribution in [2.75, 3.05) is 0 Å². The smallest absolute Gasteiger partial charge is 0.170 e. The maximum atomic E-state index is 12.5. The Morgan fingerprint density at radius 2 is 1.10 bits per heavy atom. The van der Waals surface area contributed by atoms with Crippen LogP contribution in [0.3, 0.4) is 0 Å². The standard InChI is InChI=1S/C8H9Cl2F9Si/c9-4(10)20-3-1-2-5(6(11,12)13,7(14,15)16)8(17,18)19/h4H,1-3,20H2. The molecule has 0 aliphatic carbocycles. The summed E-state index contributed by atoms with van der Waals surface area (Å²) in [6.07, 6.45) is -22.5. The lowest BCUT2D eigenvalue weighted by Crippen LogP contribution is -2.59. The van der Waals surface area contributed by atoms with Crippen LogP contribution in [0.2, 0.25) is 6.04 Å². The van der Waals surface area contributed by atoms with Gasteiger partial charge in [0, 0.05) is 0 Å². The first-order chi connectivity index (χ1) is 8.67. The molecule has 0 aromatic rings. The van der Waals surface area contributed by atoms with E-state index in [2.05, 4.69) is 0 Å². The Morgan fingerprint density at radius 1 is 0.750 bits per heavy atom. The third-order valence-electron chi connectivity index (χ3n) is 2.68. The van der Waals surface area contributed by atoms with Crippen LogP contribution >= 0.6 is 23.2 Å². The second-order valence-corrected chi connectivity index (χ2v) is 8.45. The summed E-state index contributed by atoms with van der Waals surface area (Å²) in [4.78, 5) is 0. The molecule has 0 N–H and O–H groups in total. The Labute approximate surface area is 120 Å². The zero-order valence-electron chi connectivity index (χ0n) is 9.56. The molecule has 0 aliphatic heterocycles. The van der Waals surface area contributed by atoms with Gasteiger partial charge in [0.1, 0.15) is 0 Å². The van der Waals surface area contributed by atoms with Gasteiger partial charge in [-0.2, -0.15) is 39.5 Å². The van der Waals surface area contributed by atoms with Crippen LogP contribution in [-0.2, 0) is 0 Å². The fourth-order valence-electron chi connectivity index (χ4n) is 1.60. The minimum atomic E-state index is -6.48. The summed E-state index contributed by atoms with van der Waals surface area (Å²) < 4.78 is 111. The molecule has 0 aliphatic rings. The van der Waals surface area contributed by atoms with Gasteiger partial charge in [-0.1, -0.05) is 12.5 Å². The summed E-state index contributed by atoms with van der Waals surface area (Å²) in [6.45, 7) is 0. The number of hydrogen-bond acceptors (Lipinski definition) is 0. The van der Waals surface area contributed by atoms with E-state index < -0.39 is 50.8 Å². The first kappa shape index (κ1) is 20.2. The SMILES string of the molecule is FC(F)(F)C(CCC[SiH2]C(Cl)Cl)(C(F)(F)F)C(F)(F)F. The molecule has 0 aromatic heterocycles. The van der Waals surface area contributed by atoms with Crippen molar-refractivity contribution in [2.45, 2.75) is 41.9 Å². The molecule has 122 valence electrons. The molecule has 0 radical (unpaired) electrons. The van der Waals surface area contributed by atoms with Crippen molar-refractivity contribution in [1.82, 2.24) is 0 Å². The van der Waals surface area contributed by atoms with E-state index in [-0.39, 0.29) is 6.04 Å². The van der Waals surface area contributed by atoms with E-state index >= 15 is 0 Å². The predicted molar refractivity (Wildman–Crippen MR) is 58.7 cm³/mol. The monoisotopic (exact) mass is 374 g/mol. The van der Waals surface area contributed by atoms with E-state index in [1.54, 1.807) is 0 Å². The molecule has 0 rings (SSSR count). The maximum absolute atomic E-state index is 12.5. The third kappa shape index (κ3) is 4.33. The first-order valence-corrected chi connectivity index (χ1v) is 7.84. The van der Waals surface area contributed by atoms with Crippen LogP contribution in [0, 0.1) is 5.41 Å². The van der Waals surface area contributed by atoms with Gasteiger partial charge in [-0.25, -0.2) is 0 Å². The summed E-state index contributed by atoms with van der Waals surface area (Å²) in [5.41, 5.74) is -5.71. The molecule has 0 atom stereocenters. The molecule has 20 heavy (non-hydrogen) atoms. The van der Waals surface area contributed by atoms with Crippen LogP contribution in [0.1, 0.15) is 12.8 Å². The lowest BCUT2D eigenvalue weighted by atomic mass is 9.81. The molecule has 0 bridgehead atoms. The Morgan fingerprint density at radius 3 is 1.35 bits per heavy atom. The van der Waals surface area contributed by atoms with Gasteiger partial charge in [0.2, 0.25) is 0 Å². The van der Waals surface area contributed by atoms with E-state index in [0.29, 0.717) is 0 Å². The van der Waals surface area contributed by atoms with Crippen LogP contribution in [0.15, 0.2) is 0 Å². The van der Waals surface area contributed by atoms with Crippen LogP contribution in [-0.4, -0.2) is 32.5 Å². The van der Waals surface area contributed by atoms with Crippen molar-refractivity contribution in [2.24, 2.45) is 5.41 Å². The lowest BCUT2D eigenvalue weighted by Gasteiger charge is -2.38. The van der Waals surface area contributed by atoms with E-state index in [9.17, 15) is 39.5 Å². The van der Waals surface area contributed by atoms with Gasteiger partial charge in [-0.3, -0.25) is 0 Å². The molecule has 12 heteroatoms. The van der Waals surface area contributed by atoms with Gasteiger partial charge in [0.25, 0.3) is 5.41 Å². The molecule has 0 nitrogen and oxygen atoms in total. The Balaban J connectivity index is 5.36. The van der Waals surface area contributed by atoms with Gasteiger partial charge >= 0.3 is 18.5 Å². The van der Waals surface area contributed by atoms with Gasteiger partial charge in [0.05, 0.1) is 14.0 Å². The number of rotatable bonds is 5. The first-order valence-electron chi connectivity index (χ1n) is 5.15. The third-order valence-corrected chi connectivity index (χ3v) is 5.33. The number of alkyl halides is 11. The van der Waals surface area contributed by atoms with Crippen LogP contribution in [0.5, 0.6) is 0 Å². The lowest BCUT2D eigenvalue weighted by molar-refractivity contribution is -0.428. The van der Waals surface area contributed by atoms with E-state index in [4.69, 9.17) is 23.2 Å². The molecule has 0 saturated carbocycles. The van der Waals surface area contributed by atoms with Gasteiger partial charge in [0.15, 0.2) is 0 Å². The summed E-state index contributed by atoms with van der Waals surface area (Å²) in [7, 11) is -1.43. The summed E-state index contributed by atoms with van der Waals surface area (Å²) in [5.74, 6) is 0. The maximum Gasteiger partial charge on any atom is 0.412 e. The largest absolute Gasteiger partial charge is 0.412 e. The molecular weight excluding hydrogens is 366 g/mol. The van der Waals surface area contributed by atoms with Crippen LogP contribution < -0.4 is 0 Å². The van der Waals surface area contributed by atoms with E-state index in [0.717, 1.165) is 0 Å². The van der Waals surface area contributed by atoms with Crippen molar-refractivity contribution >= 4 is 32.7 Å². The fraction of sp³-hybridized carbons (Fsp3) is 1.00. The van der Waals surface area contributed by atoms with Gasteiger partial charge < -0.3 is 0 Å². The summed E-state index contributed by atoms with van der Waals surface area (Å²) in [5, 5.41) is 0. The second-order valence-electron chi connectivity index (χ2n) is 4.04. The van der Waals surface area contributed by atoms with Crippen molar-refractivity contribution < 1.29 is 39.5 Å². The highest BCUT2D eigenvalue weighted by atomic mass is 35.5. The minimum absolute atomic E-state index is 0.248. The van der Waals surface area contributed by atoms with E-state index in [1.165, 1.54) is 0 Å². The Hall–Kier alpha value is 0.167. The van der Waals surface area contributed by atoms with Crippen LogP contribution in [0.25, 0.3) is 0 Å². The zero-order valence-corrected chi connectivity index (χ0v) is 12.5. The van der Waals surface area contributed by atoms with Crippen molar-refractivity contribution in [1.29, 1.82) is 0 Å². The quantitative estimate of drug-likeness (QED) is 0.281. The summed E-state index contributed by atoms with van der Waals surface area (Å²) in [6, 6.07) is -0.248. The van der Waals surface area contributed by atoms with Gasteiger partial charge in [-0.05, 0) is 6.42 Å². The molecular formula is C8H9Cl2F9Si. The molecule has 0 unspecified atom stereocenters. The molecule has 0 heterocycles. The molecule has 0 fully saturated rings. The summed E-state index contributed by atoms with van der Waals surface area (Å²) >= 11 is 10.5. The van der Waals surface area contributed by atoms with Crippen LogP contribution in [0.4, 0.5) is 39.5 Å². The average Bonchev–Trinajstić information content (AvgIpc) is 2.09. The fourth-order valence-corrected chi connectivity index (χ4v) is 3.37. The average molecular weight is 375 g/mol.